The maximum atomic E-state index is 9.75. The fourth-order valence-electron chi connectivity index (χ4n) is 3.50. The van der Waals surface area contributed by atoms with Crippen LogP contribution in [0.3, 0.4) is 0 Å². The van der Waals surface area contributed by atoms with E-state index >= 15 is 0 Å². The monoisotopic (exact) mass is 696 g/mol. The molecular formula is C30H22B2F8FeN6-2. The zero-order valence-corrected chi connectivity index (χ0v) is 25.0. The van der Waals surface area contributed by atoms with Crippen LogP contribution in [0.25, 0.3) is 45.6 Å². The van der Waals surface area contributed by atoms with Crippen molar-refractivity contribution >= 4 is 14.5 Å². The molecule has 244 valence electrons. The van der Waals surface area contributed by atoms with Crippen LogP contribution in [0.4, 0.5) is 34.5 Å². The zero-order valence-electron chi connectivity index (χ0n) is 23.9. The quantitative estimate of drug-likeness (QED) is 0.135. The zero-order chi connectivity index (χ0) is 33.4. The molecule has 17 heteroatoms. The number of hydrogen-bond acceptors (Lipinski definition) is 6. The minimum Gasteiger partial charge on any atom is -0.418 e. The summed E-state index contributed by atoms with van der Waals surface area (Å²) in [6.07, 6.45) is 7.07. The molecule has 0 saturated heterocycles. The molecule has 0 aliphatic heterocycles. The maximum Gasteiger partial charge on any atom is 0.673 e. The number of halogens is 8. The van der Waals surface area contributed by atoms with Gasteiger partial charge in [-0.05, 0) is 72.8 Å². The van der Waals surface area contributed by atoms with Gasteiger partial charge in [0.15, 0.2) is 0 Å². The van der Waals surface area contributed by atoms with E-state index in [0.29, 0.717) is 0 Å². The average molecular weight is 696 g/mol. The molecule has 0 spiro atoms. The van der Waals surface area contributed by atoms with Gasteiger partial charge in [-0.25, -0.2) is 9.97 Å². The Balaban J connectivity index is 0.000000251. The first-order valence-corrected chi connectivity index (χ1v) is 13.2. The maximum absolute atomic E-state index is 9.75. The van der Waals surface area contributed by atoms with E-state index in [0.717, 1.165) is 45.6 Å². The molecule has 0 atom stereocenters. The second kappa shape index (κ2) is 18.8. The van der Waals surface area contributed by atoms with E-state index in [2.05, 4.69) is 29.9 Å². The van der Waals surface area contributed by atoms with Gasteiger partial charge in [0.2, 0.25) is 0 Å². The van der Waals surface area contributed by atoms with E-state index in [4.69, 9.17) is 0 Å². The van der Waals surface area contributed by atoms with Crippen LogP contribution in [-0.4, -0.2) is 44.4 Å². The van der Waals surface area contributed by atoms with Crippen molar-refractivity contribution in [1.82, 2.24) is 29.9 Å². The first-order chi connectivity index (χ1) is 21.9. The van der Waals surface area contributed by atoms with E-state index in [-0.39, 0.29) is 17.1 Å². The summed E-state index contributed by atoms with van der Waals surface area (Å²) in [5.41, 5.74) is 6.92. The molecule has 0 aliphatic carbocycles. The van der Waals surface area contributed by atoms with Gasteiger partial charge in [-0.2, -0.15) is 0 Å². The molecule has 47 heavy (non-hydrogen) atoms. The number of pyridine rings is 6. The van der Waals surface area contributed by atoms with Crippen LogP contribution in [-0.2, 0) is 17.1 Å². The van der Waals surface area contributed by atoms with Crippen molar-refractivity contribution in [2.45, 2.75) is 0 Å². The first kappa shape index (κ1) is 38.2. The van der Waals surface area contributed by atoms with Crippen LogP contribution in [0.5, 0.6) is 0 Å². The second-order valence-corrected chi connectivity index (χ2v) is 8.67. The Kier molecular flexibility index (Phi) is 15.3. The second-order valence-electron chi connectivity index (χ2n) is 8.67. The van der Waals surface area contributed by atoms with Crippen LogP contribution in [0.15, 0.2) is 134 Å². The molecule has 6 aromatic heterocycles. The molecule has 0 fully saturated rings. The Morgan fingerprint density at radius 3 is 0.660 bits per heavy atom. The minimum atomic E-state index is -6.00. The standard InChI is InChI=1S/2C15H11N3.2BF4.Fe/c2*1-3-10-16-12(6-1)14-8-5-9-15(18-14)13-7-2-4-11-17-13;2*2-1(3,4)5;/h2*1-11H;;;/q;;2*-1;. The number of rotatable bonds is 4. The molecular weight excluding hydrogens is 674 g/mol. The van der Waals surface area contributed by atoms with Crippen molar-refractivity contribution in [2.24, 2.45) is 0 Å². The van der Waals surface area contributed by atoms with Gasteiger partial charge >= 0.3 is 14.5 Å². The van der Waals surface area contributed by atoms with E-state index in [9.17, 15) is 34.5 Å². The van der Waals surface area contributed by atoms with Gasteiger partial charge in [0.1, 0.15) is 0 Å². The summed E-state index contributed by atoms with van der Waals surface area (Å²) in [5.74, 6) is 0. The number of aromatic nitrogens is 6. The predicted octanol–water partition coefficient (Wildman–Crippen LogP) is 9.01. The van der Waals surface area contributed by atoms with Crippen molar-refractivity contribution in [1.29, 1.82) is 0 Å². The number of hydrogen-bond donors (Lipinski definition) is 0. The van der Waals surface area contributed by atoms with Crippen LogP contribution in [0.1, 0.15) is 0 Å². The molecule has 0 aliphatic rings. The van der Waals surface area contributed by atoms with Gasteiger partial charge < -0.3 is 34.5 Å². The molecule has 0 aromatic carbocycles. The summed E-state index contributed by atoms with van der Waals surface area (Å²) in [6.45, 7) is 0. The van der Waals surface area contributed by atoms with Crippen molar-refractivity contribution in [3.63, 3.8) is 0 Å². The third-order valence-corrected chi connectivity index (χ3v) is 5.21. The van der Waals surface area contributed by atoms with Crippen LogP contribution in [0, 0.1) is 0 Å². The normalized spacial score (nSPS) is 10.4. The van der Waals surface area contributed by atoms with Crippen molar-refractivity contribution < 1.29 is 51.6 Å². The Hall–Kier alpha value is -5.01. The molecule has 6 rings (SSSR count). The molecule has 0 radical (unpaired) electrons. The van der Waals surface area contributed by atoms with Crippen molar-refractivity contribution in [3.05, 3.63) is 134 Å². The fourth-order valence-corrected chi connectivity index (χ4v) is 3.50. The summed E-state index contributed by atoms with van der Waals surface area (Å²) in [7, 11) is -12.0. The molecule has 6 heterocycles. The minimum absolute atomic E-state index is 0. The van der Waals surface area contributed by atoms with Crippen LogP contribution < -0.4 is 0 Å². The average Bonchev–Trinajstić information content (AvgIpc) is 3.05. The molecule has 0 bridgehead atoms. The van der Waals surface area contributed by atoms with Crippen molar-refractivity contribution in [3.8, 4) is 45.6 Å². The summed E-state index contributed by atoms with van der Waals surface area (Å²) >= 11 is 0. The first-order valence-electron chi connectivity index (χ1n) is 13.2. The Labute approximate surface area is 275 Å². The fraction of sp³-hybridized carbons (Fsp3) is 0. The molecule has 6 nitrogen and oxygen atoms in total. The Morgan fingerprint density at radius 1 is 0.298 bits per heavy atom. The van der Waals surface area contributed by atoms with E-state index < -0.39 is 14.5 Å². The Bertz CT molecular complexity index is 1490. The molecule has 0 amide bonds. The molecule has 0 saturated carbocycles. The molecule has 6 aromatic rings. The van der Waals surface area contributed by atoms with Crippen LogP contribution in [0.2, 0.25) is 0 Å². The van der Waals surface area contributed by atoms with E-state index in [1.807, 2.05) is 109 Å². The SMILES string of the molecule is F[B-](F)(F)F.F[B-](F)(F)F.[Fe].c1ccc(-c2cccc(-c3ccccn3)n2)nc1.c1ccc(-c2cccc(-c3ccccn3)n2)nc1. The predicted molar refractivity (Wildman–Crippen MR) is 162 cm³/mol. The number of nitrogens with zero attached hydrogens (tertiary/aromatic N) is 6. The van der Waals surface area contributed by atoms with E-state index in [1.54, 1.807) is 24.8 Å². The van der Waals surface area contributed by atoms with Gasteiger partial charge in [-0.15, -0.1) is 0 Å². The van der Waals surface area contributed by atoms with E-state index in [1.165, 1.54) is 0 Å². The summed E-state index contributed by atoms with van der Waals surface area (Å²) in [5, 5.41) is 0. The van der Waals surface area contributed by atoms with Gasteiger partial charge in [0, 0.05) is 41.9 Å². The molecule has 0 N–H and O–H groups in total. The summed E-state index contributed by atoms with van der Waals surface area (Å²) in [6, 6.07) is 35.0. The van der Waals surface area contributed by atoms with Crippen LogP contribution >= 0.6 is 0 Å². The van der Waals surface area contributed by atoms with Crippen molar-refractivity contribution in [2.75, 3.05) is 0 Å². The van der Waals surface area contributed by atoms with Gasteiger partial charge in [-0.3, -0.25) is 19.9 Å². The third kappa shape index (κ3) is 15.7. The largest absolute Gasteiger partial charge is 0.673 e. The molecule has 0 unspecified atom stereocenters. The smallest absolute Gasteiger partial charge is 0.418 e. The van der Waals surface area contributed by atoms with Gasteiger partial charge in [-0.1, -0.05) is 36.4 Å². The summed E-state index contributed by atoms with van der Waals surface area (Å²) in [4.78, 5) is 26.4. The summed E-state index contributed by atoms with van der Waals surface area (Å²) < 4.78 is 78.0. The Morgan fingerprint density at radius 2 is 0.489 bits per heavy atom. The third-order valence-electron chi connectivity index (χ3n) is 5.21. The van der Waals surface area contributed by atoms with Gasteiger partial charge in [0.25, 0.3) is 0 Å². The van der Waals surface area contributed by atoms with Gasteiger partial charge in [0.05, 0.1) is 45.6 Å². The topological polar surface area (TPSA) is 77.3 Å².